The van der Waals surface area contributed by atoms with Gasteiger partial charge in [0, 0.05) is 31.3 Å². The molecule has 0 aromatic heterocycles. The van der Waals surface area contributed by atoms with Crippen molar-refractivity contribution in [2.75, 3.05) is 0 Å². The summed E-state index contributed by atoms with van der Waals surface area (Å²) in [6.07, 6.45) is 4.86. The SMILES string of the molecule is CC.CC.N#CCC1CCC(NC2CC(F)(F)C2)CC1. The van der Waals surface area contributed by atoms with Gasteiger partial charge >= 0.3 is 0 Å². The maximum absolute atomic E-state index is 12.6. The fourth-order valence-corrected chi connectivity index (χ4v) is 2.77. The minimum atomic E-state index is -2.42. The molecule has 0 atom stereocenters. The van der Waals surface area contributed by atoms with Crippen LogP contribution in [0.4, 0.5) is 8.78 Å². The van der Waals surface area contributed by atoms with Crippen molar-refractivity contribution in [1.29, 1.82) is 5.26 Å². The zero-order valence-corrected chi connectivity index (χ0v) is 13.4. The van der Waals surface area contributed by atoms with Gasteiger partial charge in [-0.25, -0.2) is 8.78 Å². The molecule has 2 nitrogen and oxygen atoms in total. The summed E-state index contributed by atoms with van der Waals surface area (Å²) in [4.78, 5) is 0. The summed E-state index contributed by atoms with van der Waals surface area (Å²) < 4.78 is 25.3. The van der Waals surface area contributed by atoms with Crippen molar-refractivity contribution in [3.05, 3.63) is 0 Å². The van der Waals surface area contributed by atoms with Gasteiger partial charge < -0.3 is 5.32 Å². The average Bonchev–Trinajstić information content (AvgIpc) is 2.44. The molecule has 2 rings (SSSR count). The smallest absolute Gasteiger partial charge is 0.251 e. The van der Waals surface area contributed by atoms with Gasteiger partial charge in [-0.1, -0.05) is 27.7 Å². The van der Waals surface area contributed by atoms with E-state index < -0.39 is 5.92 Å². The fraction of sp³-hybridized carbons (Fsp3) is 0.938. The highest BCUT2D eigenvalue weighted by Gasteiger charge is 2.45. The van der Waals surface area contributed by atoms with Crippen LogP contribution in [0.2, 0.25) is 0 Å². The van der Waals surface area contributed by atoms with E-state index in [9.17, 15) is 8.78 Å². The summed E-state index contributed by atoms with van der Waals surface area (Å²) in [5, 5.41) is 11.9. The van der Waals surface area contributed by atoms with Gasteiger partial charge in [0.1, 0.15) is 0 Å². The van der Waals surface area contributed by atoms with Crippen molar-refractivity contribution in [3.63, 3.8) is 0 Å². The lowest BCUT2D eigenvalue weighted by atomic mass is 9.82. The molecular formula is C16H30F2N2. The summed E-state index contributed by atoms with van der Waals surface area (Å²) in [5.41, 5.74) is 0. The summed E-state index contributed by atoms with van der Waals surface area (Å²) in [6, 6.07) is 2.63. The van der Waals surface area contributed by atoms with Crippen LogP contribution < -0.4 is 5.32 Å². The number of hydrogen-bond acceptors (Lipinski definition) is 2. The molecule has 118 valence electrons. The van der Waals surface area contributed by atoms with Gasteiger partial charge in [-0.2, -0.15) is 5.26 Å². The molecule has 0 aromatic rings. The molecule has 20 heavy (non-hydrogen) atoms. The van der Waals surface area contributed by atoms with Crippen molar-refractivity contribution in [2.45, 2.75) is 90.6 Å². The Morgan fingerprint density at radius 1 is 1.00 bits per heavy atom. The predicted octanol–water partition coefficient (Wildman–Crippen LogP) is 4.90. The normalized spacial score (nSPS) is 27.9. The second-order valence-corrected chi connectivity index (χ2v) is 5.21. The molecule has 0 unspecified atom stereocenters. The number of hydrogen-bond donors (Lipinski definition) is 1. The molecular weight excluding hydrogens is 258 g/mol. The molecule has 0 bridgehead atoms. The summed E-state index contributed by atoms with van der Waals surface area (Å²) >= 11 is 0. The van der Waals surface area contributed by atoms with Gasteiger partial charge in [0.15, 0.2) is 0 Å². The molecule has 2 fully saturated rings. The van der Waals surface area contributed by atoms with E-state index in [0.29, 0.717) is 18.4 Å². The van der Waals surface area contributed by atoms with Gasteiger partial charge in [-0.15, -0.1) is 0 Å². The summed E-state index contributed by atoms with van der Waals surface area (Å²) in [5.74, 6) is -1.89. The van der Waals surface area contributed by atoms with Crippen molar-refractivity contribution >= 4 is 0 Å². The zero-order chi connectivity index (χ0) is 15.6. The Hall–Kier alpha value is -0.690. The second-order valence-electron chi connectivity index (χ2n) is 5.21. The Balaban J connectivity index is 0.000000829. The van der Waals surface area contributed by atoms with Crippen LogP contribution in [0, 0.1) is 17.2 Å². The first-order valence-electron chi connectivity index (χ1n) is 8.10. The maximum atomic E-state index is 12.6. The quantitative estimate of drug-likeness (QED) is 0.802. The van der Waals surface area contributed by atoms with Crippen molar-refractivity contribution in [1.82, 2.24) is 5.32 Å². The summed E-state index contributed by atoms with van der Waals surface area (Å²) in [6.45, 7) is 8.00. The third-order valence-corrected chi connectivity index (χ3v) is 3.79. The van der Waals surface area contributed by atoms with Crippen LogP contribution >= 0.6 is 0 Å². The lowest BCUT2D eigenvalue weighted by Gasteiger charge is -2.39. The molecule has 0 aliphatic heterocycles. The first-order chi connectivity index (χ1) is 9.59. The Labute approximate surface area is 122 Å². The first-order valence-corrected chi connectivity index (χ1v) is 8.10. The van der Waals surface area contributed by atoms with Crippen LogP contribution in [0.15, 0.2) is 0 Å². The van der Waals surface area contributed by atoms with Crippen LogP contribution in [-0.4, -0.2) is 18.0 Å². The average molecular weight is 288 g/mol. The van der Waals surface area contributed by atoms with E-state index in [2.05, 4.69) is 11.4 Å². The molecule has 0 saturated heterocycles. The van der Waals surface area contributed by atoms with Crippen molar-refractivity contribution in [3.8, 4) is 6.07 Å². The van der Waals surface area contributed by atoms with Gasteiger partial charge in [0.05, 0.1) is 6.07 Å². The van der Waals surface area contributed by atoms with Gasteiger partial charge in [-0.3, -0.25) is 0 Å². The topological polar surface area (TPSA) is 35.8 Å². The largest absolute Gasteiger partial charge is 0.311 e. The van der Waals surface area contributed by atoms with Crippen molar-refractivity contribution in [2.24, 2.45) is 5.92 Å². The third kappa shape index (κ3) is 6.65. The highest BCUT2D eigenvalue weighted by molar-refractivity contribution is 4.94. The van der Waals surface area contributed by atoms with Crippen LogP contribution in [0.1, 0.15) is 72.6 Å². The van der Waals surface area contributed by atoms with Gasteiger partial charge in [0.2, 0.25) is 0 Å². The molecule has 1 N–H and O–H groups in total. The third-order valence-electron chi connectivity index (χ3n) is 3.79. The number of nitrogens with zero attached hydrogens (tertiary/aromatic N) is 1. The monoisotopic (exact) mass is 288 g/mol. The zero-order valence-electron chi connectivity index (χ0n) is 13.4. The van der Waals surface area contributed by atoms with Gasteiger partial charge in [-0.05, 0) is 31.6 Å². The van der Waals surface area contributed by atoms with Gasteiger partial charge in [0.25, 0.3) is 5.92 Å². The van der Waals surface area contributed by atoms with E-state index in [0.717, 1.165) is 25.7 Å². The molecule has 2 aliphatic carbocycles. The minimum Gasteiger partial charge on any atom is -0.311 e. The molecule has 0 amide bonds. The Bertz CT molecular complexity index is 271. The van der Waals surface area contributed by atoms with E-state index in [1.165, 1.54) is 0 Å². The second kappa shape index (κ2) is 10.1. The molecule has 2 saturated carbocycles. The van der Waals surface area contributed by atoms with Crippen LogP contribution in [-0.2, 0) is 0 Å². The number of nitrogens with one attached hydrogen (secondary N) is 1. The number of rotatable bonds is 3. The maximum Gasteiger partial charge on any atom is 0.251 e. The first kappa shape index (κ1) is 19.3. The lowest BCUT2D eigenvalue weighted by molar-refractivity contribution is -0.0956. The van der Waals surface area contributed by atoms with E-state index in [-0.39, 0.29) is 18.9 Å². The molecule has 4 heteroatoms. The Morgan fingerprint density at radius 2 is 1.50 bits per heavy atom. The fourth-order valence-electron chi connectivity index (χ4n) is 2.77. The molecule has 2 aliphatic rings. The standard InChI is InChI=1S/C12H18F2N2.2C2H6/c13-12(14)7-11(8-12)16-10-3-1-9(2-4-10)5-6-15;2*1-2/h9-11,16H,1-5,7-8H2;2*1-2H3. The van der Waals surface area contributed by atoms with Crippen LogP contribution in [0.5, 0.6) is 0 Å². The number of nitriles is 1. The van der Waals surface area contributed by atoms with E-state index in [1.54, 1.807) is 0 Å². The van der Waals surface area contributed by atoms with E-state index in [4.69, 9.17) is 5.26 Å². The number of halogens is 2. The highest BCUT2D eigenvalue weighted by Crippen LogP contribution is 2.38. The van der Waals surface area contributed by atoms with E-state index in [1.807, 2.05) is 27.7 Å². The van der Waals surface area contributed by atoms with Crippen molar-refractivity contribution < 1.29 is 8.78 Å². The summed E-state index contributed by atoms with van der Waals surface area (Å²) in [7, 11) is 0. The lowest BCUT2D eigenvalue weighted by Crippen LogP contribution is -2.52. The number of alkyl halides is 2. The molecule has 0 aromatic carbocycles. The predicted molar refractivity (Wildman–Crippen MR) is 79.8 cm³/mol. The Morgan fingerprint density at radius 3 is 1.90 bits per heavy atom. The van der Waals surface area contributed by atoms with Crippen LogP contribution in [0.3, 0.4) is 0 Å². The van der Waals surface area contributed by atoms with E-state index >= 15 is 0 Å². The minimum absolute atomic E-state index is 0.00508. The highest BCUT2D eigenvalue weighted by atomic mass is 19.3. The molecule has 0 radical (unpaired) electrons. The molecule has 0 heterocycles. The van der Waals surface area contributed by atoms with Crippen LogP contribution in [0.25, 0.3) is 0 Å². The molecule has 0 spiro atoms. The Kier molecular flexibility index (Phi) is 9.75.